The predicted octanol–water partition coefficient (Wildman–Crippen LogP) is 1.51. The molecule has 0 aromatic carbocycles. The molecule has 1 heterocycles. The molecule has 1 aromatic rings. The highest BCUT2D eigenvalue weighted by molar-refractivity contribution is 5.94. The summed E-state index contributed by atoms with van der Waals surface area (Å²) in [7, 11) is 0. The van der Waals surface area contributed by atoms with Crippen molar-refractivity contribution in [1.29, 1.82) is 0 Å². The highest BCUT2D eigenvalue weighted by atomic mass is 16.4. The van der Waals surface area contributed by atoms with E-state index in [1.807, 2.05) is 6.92 Å². The summed E-state index contributed by atoms with van der Waals surface area (Å²) in [5.41, 5.74) is 0. The van der Waals surface area contributed by atoms with Gasteiger partial charge in [0.2, 0.25) is 0 Å². The maximum absolute atomic E-state index is 11.6. The minimum atomic E-state index is -1.03. The van der Waals surface area contributed by atoms with Crippen LogP contribution in [0, 0.1) is 5.92 Å². The van der Waals surface area contributed by atoms with Gasteiger partial charge in [-0.3, -0.25) is 4.79 Å². The van der Waals surface area contributed by atoms with Crippen molar-refractivity contribution in [3.8, 4) is 0 Å². The lowest BCUT2D eigenvalue weighted by Crippen LogP contribution is -2.44. The smallest absolute Gasteiger partial charge is 0.326 e. The van der Waals surface area contributed by atoms with Crippen LogP contribution >= 0.6 is 0 Å². The summed E-state index contributed by atoms with van der Waals surface area (Å²) in [4.78, 5) is 22.5. The summed E-state index contributed by atoms with van der Waals surface area (Å²) in [5.74, 6) is -1.54. The maximum Gasteiger partial charge on any atom is 0.326 e. The van der Waals surface area contributed by atoms with Crippen LogP contribution in [0.15, 0.2) is 22.8 Å². The summed E-state index contributed by atoms with van der Waals surface area (Å²) >= 11 is 0. The van der Waals surface area contributed by atoms with Gasteiger partial charge in [0.25, 0.3) is 5.91 Å². The van der Waals surface area contributed by atoms with Crippen LogP contribution in [0.5, 0.6) is 0 Å². The van der Waals surface area contributed by atoms with Crippen molar-refractivity contribution < 1.29 is 19.1 Å². The molecule has 16 heavy (non-hydrogen) atoms. The zero-order valence-electron chi connectivity index (χ0n) is 9.27. The van der Waals surface area contributed by atoms with Crippen LogP contribution in [-0.2, 0) is 4.79 Å². The third-order valence-electron chi connectivity index (χ3n) is 2.51. The largest absolute Gasteiger partial charge is 0.480 e. The Kier molecular flexibility index (Phi) is 4.10. The van der Waals surface area contributed by atoms with Gasteiger partial charge in [-0.15, -0.1) is 0 Å². The van der Waals surface area contributed by atoms with E-state index in [2.05, 4.69) is 5.32 Å². The predicted molar refractivity (Wildman–Crippen MR) is 57.1 cm³/mol. The average Bonchev–Trinajstić information content (AvgIpc) is 2.77. The minimum Gasteiger partial charge on any atom is -0.480 e. The average molecular weight is 225 g/mol. The summed E-state index contributed by atoms with van der Waals surface area (Å²) in [6.45, 7) is 3.65. The molecule has 1 aromatic heterocycles. The Morgan fingerprint density at radius 2 is 2.25 bits per heavy atom. The second-order valence-corrected chi connectivity index (χ2v) is 3.65. The number of carboxylic acids is 1. The highest BCUT2D eigenvalue weighted by Crippen LogP contribution is 2.09. The quantitative estimate of drug-likeness (QED) is 0.796. The Labute approximate surface area is 93.4 Å². The van der Waals surface area contributed by atoms with Crippen molar-refractivity contribution in [1.82, 2.24) is 5.32 Å². The van der Waals surface area contributed by atoms with Gasteiger partial charge in [-0.1, -0.05) is 20.3 Å². The third kappa shape index (κ3) is 2.85. The van der Waals surface area contributed by atoms with Crippen molar-refractivity contribution in [3.05, 3.63) is 24.2 Å². The van der Waals surface area contributed by atoms with Crippen molar-refractivity contribution in [3.63, 3.8) is 0 Å². The Bertz CT molecular complexity index is 358. The Hall–Kier alpha value is -1.78. The summed E-state index contributed by atoms with van der Waals surface area (Å²) in [6, 6.07) is 2.18. The molecule has 0 aliphatic heterocycles. The number of carboxylic acid groups (broad SMARTS) is 1. The number of rotatable bonds is 5. The molecule has 1 rings (SSSR count). The van der Waals surface area contributed by atoms with Gasteiger partial charge in [0.05, 0.1) is 6.26 Å². The summed E-state index contributed by atoms with van der Waals surface area (Å²) in [6.07, 6.45) is 2.04. The molecule has 1 unspecified atom stereocenters. The van der Waals surface area contributed by atoms with Crippen LogP contribution < -0.4 is 5.32 Å². The topological polar surface area (TPSA) is 79.5 Å². The first-order chi connectivity index (χ1) is 7.56. The number of amides is 1. The first-order valence-corrected chi connectivity index (χ1v) is 5.13. The second-order valence-electron chi connectivity index (χ2n) is 3.65. The van der Waals surface area contributed by atoms with Crippen LogP contribution in [0.25, 0.3) is 0 Å². The Morgan fingerprint density at radius 3 is 2.69 bits per heavy atom. The molecular weight excluding hydrogens is 210 g/mol. The van der Waals surface area contributed by atoms with Crippen LogP contribution in [0.3, 0.4) is 0 Å². The van der Waals surface area contributed by atoms with Crippen molar-refractivity contribution in [2.45, 2.75) is 26.3 Å². The number of nitrogens with one attached hydrogen (secondary N) is 1. The van der Waals surface area contributed by atoms with Gasteiger partial charge in [-0.2, -0.15) is 0 Å². The molecule has 5 heteroatoms. The number of furan rings is 1. The lowest BCUT2D eigenvalue weighted by Gasteiger charge is -2.19. The van der Waals surface area contributed by atoms with Gasteiger partial charge in [-0.05, 0) is 18.1 Å². The lowest BCUT2D eigenvalue weighted by molar-refractivity contribution is -0.140. The van der Waals surface area contributed by atoms with Gasteiger partial charge < -0.3 is 14.8 Å². The molecule has 0 radical (unpaired) electrons. The van der Waals surface area contributed by atoms with E-state index in [1.165, 1.54) is 12.3 Å². The number of hydrogen-bond donors (Lipinski definition) is 2. The summed E-state index contributed by atoms with van der Waals surface area (Å²) < 4.78 is 4.88. The van der Waals surface area contributed by atoms with E-state index >= 15 is 0 Å². The van der Waals surface area contributed by atoms with E-state index in [1.54, 1.807) is 13.0 Å². The first kappa shape index (κ1) is 12.3. The fourth-order valence-electron chi connectivity index (χ4n) is 1.30. The fraction of sp³-hybridized carbons (Fsp3) is 0.455. The number of hydrogen-bond acceptors (Lipinski definition) is 3. The Morgan fingerprint density at radius 1 is 1.56 bits per heavy atom. The monoisotopic (exact) mass is 225 g/mol. The zero-order valence-corrected chi connectivity index (χ0v) is 9.27. The molecule has 0 saturated carbocycles. The minimum absolute atomic E-state index is 0.120. The van der Waals surface area contributed by atoms with Gasteiger partial charge in [0.1, 0.15) is 6.04 Å². The second kappa shape index (κ2) is 5.34. The molecule has 0 bridgehead atoms. The van der Waals surface area contributed by atoms with Crippen molar-refractivity contribution >= 4 is 11.9 Å². The van der Waals surface area contributed by atoms with Gasteiger partial charge in [0.15, 0.2) is 5.76 Å². The highest BCUT2D eigenvalue weighted by Gasteiger charge is 2.26. The molecule has 88 valence electrons. The van der Waals surface area contributed by atoms with E-state index < -0.39 is 17.9 Å². The molecule has 0 aliphatic carbocycles. The van der Waals surface area contributed by atoms with E-state index in [0.29, 0.717) is 6.42 Å². The molecule has 0 fully saturated rings. The maximum atomic E-state index is 11.6. The SMILES string of the molecule is CCC(C)[C@H](NC(=O)c1ccco1)C(=O)O. The summed E-state index contributed by atoms with van der Waals surface area (Å²) in [5, 5.41) is 11.4. The van der Waals surface area contributed by atoms with E-state index in [0.717, 1.165) is 0 Å². The molecule has 0 saturated heterocycles. The van der Waals surface area contributed by atoms with Crippen LogP contribution in [-0.4, -0.2) is 23.0 Å². The number of carbonyl (C=O) groups excluding carboxylic acids is 1. The van der Waals surface area contributed by atoms with Gasteiger partial charge in [-0.25, -0.2) is 4.79 Å². The van der Waals surface area contributed by atoms with Crippen LogP contribution in [0.2, 0.25) is 0 Å². The normalized spacial score (nSPS) is 14.1. The lowest BCUT2D eigenvalue weighted by atomic mass is 9.99. The number of carbonyl (C=O) groups is 2. The standard InChI is InChI=1S/C11H15NO4/c1-3-7(2)9(11(14)15)12-10(13)8-5-4-6-16-8/h4-7,9H,3H2,1-2H3,(H,12,13)(H,14,15)/t7?,9-/m0/s1. The molecule has 1 amide bonds. The van der Waals surface area contributed by atoms with Crippen LogP contribution in [0.1, 0.15) is 30.8 Å². The molecular formula is C11H15NO4. The molecule has 5 nitrogen and oxygen atoms in total. The van der Waals surface area contributed by atoms with Crippen molar-refractivity contribution in [2.75, 3.05) is 0 Å². The molecule has 2 N–H and O–H groups in total. The van der Waals surface area contributed by atoms with Crippen molar-refractivity contribution in [2.24, 2.45) is 5.92 Å². The van der Waals surface area contributed by atoms with E-state index in [-0.39, 0.29) is 11.7 Å². The molecule has 0 aliphatic rings. The first-order valence-electron chi connectivity index (χ1n) is 5.13. The Balaban J connectivity index is 2.69. The molecule has 2 atom stereocenters. The van der Waals surface area contributed by atoms with Crippen LogP contribution in [0.4, 0.5) is 0 Å². The van der Waals surface area contributed by atoms with Gasteiger partial charge in [0, 0.05) is 0 Å². The van der Waals surface area contributed by atoms with Gasteiger partial charge >= 0.3 is 5.97 Å². The zero-order chi connectivity index (χ0) is 12.1. The fourth-order valence-corrected chi connectivity index (χ4v) is 1.30. The van der Waals surface area contributed by atoms with E-state index in [9.17, 15) is 9.59 Å². The molecule has 0 spiro atoms. The number of aliphatic carboxylic acids is 1. The third-order valence-corrected chi connectivity index (χ3v) is 2.51. The van der Waals surface area contributed by atoms with E-state index in [4.69, 9.17) is 9.52 Å².